The van der Waals surface area contributed by atoms with E-state index in [1.807, 2.05) is 6.07 Å². The fourth-order valence-corrected chi connectivity index (χ4v) is 1.62. The summed E-state index contributed by atoms with van der Waals surface area (Å²) >= 11 is 0. The van der Waals surface area contributed by atoms with Crippen molar-refractivity contribution in [3.63, 3.8) is 0 Å². The number of ketones is 1. The highest BCUT2D eigenvalue weighted by Crippen LogP contribution is 2.28. The molecule has 1 saturated heterocycles. The lowest BCUT2D eigenvalue weighted by Gasteiger charge is -2.18. The molecule has 1 fully saturated rings. The summed E-state index contributed by atoms with van der Waals surface area (Å²) < 4.78 is 10.3. The van der Waals surface area contributed by atoms with Gasteiger partial charge in [0, 0.05) is 5.56 Å². The molecule has 0 aliphatic carbocycles. The molecule has 2 atom stereocenters. The topological polar surface area (TPSA) is 55.9 Å². The number of carbonyl (C=O) groups excluding carboxylic acids is 2. The van der Waals surface area contributed by atoms with Crippen molar-refractivity contribution in [1.82, 2.24) is 0 Å². The van der Waals surface area contributed by atoms with Crippen LogP contribution in [0, 0.1) is 0 Å². The van der Waals surface area contributed by atoms with E-state index in [9.17, 15) is 9.59 Å². The second kappa shape index (κ2) is 4.53. The van der Waals surface area contributed by atoms with Gasteiger partial charge in [0.1, 0.15) is 5.60 Å². The smallest absolute Gasteiger partial charge is 0.339 e. The summed E-state index contributed by atoms with van der Waals surface area (Å²) in [5, 5.41) is 0. The first-order chi connectivity index (χ1) is 8.38. The summed E-state index contributed by atoms with van der Waals surface area (Å²) in [4.78, 5) is 23.6. The molecule has 0 unspecified atom stereocenters. The van der Waals surface area contributed by atoms with Crippen LogP contribution in [-0.4, -0.2) is 29.6 Å². The Hall–Kier alpha value is -1.68. The zero-order valence-corrected chi connectivity index (χ0v) is 10.7. The minimum absolute atomic E-state index is 0.175. The van der Waals surface area contributed by atoms with Gasteiger partial charge in [-0.1, -0.05) is 30.3 Å². The van der Waals surface area contributed by atoms with Gasteiger partial charge in [-0.05, 0) is 20.8 Å². The van der Waals surface area contributed by atoms with Gasteiger partial charge in [-0.15, -0.1) is 0 Å². The predicted octanol–water partition coefficient (Wildman–Crippen LogP) is 1.98. The first-order valence-corrected chi connectivity index (χ1v) is 5.86. The number of hydrogen-bond donors (Lipinski definition) is 0. The van der Waals surface area contributed by atoms with E-state index in [4.69, 9.17) is 9.47 Å². The average molecular weight is 248 g/mol. The van der Waals surface area contributed by atoms with E-state index in [-0.39, 0.29) is 5.78 Å². The Kier molecular flexibility index (Phi) is 3.22. The maximum atomic E-state index is 12.0. The van der Waals surface area contributed by atoms with Crippen molar-refractivity contribution in [2.45, 2.75) is 38.6 Å². The monoisotopic (exact) mass is 248 g/mol. The quantitative estimate of drug-likeness (QED) is 0.466. The third kappa shape index (κ3) is 2.96. The molecule has 0 spiro atoms. The summed E-state index contributed by atoms with van der Waals surface area (Å²) in [6.07, 6.45) is -1.45. The Morgan fingerprint density at radius 2 is 1.72 bits per heavy atom. The number of carbonyl (C=O) groups is 2. The molecule has 1 aromatic carbocycles. The van der Waals surface area contributed by atoms with Gasteiger partial charge in [0.15, 0.2) is 18.0 Å². The first-order valence-electron chi connectivity index (χ1n) is 5.86. The number of ether oxygens (including phenoxy) is 2. The molecule has 0 aromatic heterocycles. The van der Waals surface area contributed by atoms with Crippen LogP contribution in [0.1, 0.15) is 31.1 Å². The van der Waals surface area contributed by atoms with Gasteiger partial charge in [0.05, 0.1) is 0 Å². The molecule has 0 bridgehead atoms. The molecule has 96 valence electrons. The van der Waals surface area contributed by atoms with Crippen LogP contribution in [0.3, 0.4) is 0 Å². The van der Waals surface area contributed by atoms with Crippen molar-refractivity contribution in [2.24, 2.45) is 0 Å². The third-order valence-corrected chi connectivity index (χ3v) is 2.45. The summed E-state index contributed by atoms with van der Waals surface area (Å²) in [5.41, 5.74) is -0.0165. The zero-order valence-electron chi connectivity index (χ0n) is 10.7. The van der Waals surface area contributed by atoms with Crippen molar-refractivity contribution < 1.29 is 19.1 Å². The van der Waals surface area contributed by atoms with Crippen molar-refractivity contribution in [2.75, 3.05) is 0 Å². The van der Waals surface area contributed by atoms with E-state index >= 15 is 0 Å². The summed E-state index contributed by atoms with van der Waals surface area (Å²) in [5.74, 6) is -0.650. The highest BCUT2D eigenvalue weighted by molar-refractivity contribution is 6.04. The fraction of sp³-hybridized carbons (Fsp3) is 0.429. The van der Waals surface area contributed by atoms with Gasteiger partial charge in [-0.3, -0.25) is 4.79 Å². The SMILES string of the molecule is CC(C)(C)OC(=O)[C@@H]1O[C@H]1C(=O)c1ccccc1. The Morgan fingerprint density at radius 1 is 1.11 bits per heavy atom. The van der Waals surface area contributed by atoms with E-state index in [2.05, 4.69) is 0 Å². The number of epoxide rings is 1. The number of benzene rings is 1. The fourth-order valence-electron chi connectivity index (χ4n) is 1.62. The molecule has 0 N–H and O–H groups in total. The predicted molar refractivity (Wildman–Crippen MR) is 65.3 cm³/mol. The largest absolute Gasteiger partial charge is 0.458 e. The van der Waals surface area contributed by atoms with Crippen LogP contribution in [0.5, 0.6) is 0 Å². The lowest BCUT2D eigenvalue weighted by atomic mass is 10.1. The van der Waals surface area contributed by atoms with Crippen LogP contribution in [0.15, 0.2) is 30.3 Å². The average Bonchev–Trinajstić information content (AvgIpc) is 3.07. The summed E-state index contributed by atoms with van der Waals surface area (Å²) in [6, 6.07) is 8.79. The third-order valence-electron chi connectivity index (χ3n) is 2.45. The van der Waals surface area contributed by atoms with Gasteiger partial charge >= 0.3 is 5.97 Å². The molecule has 0 saturated carbocycles. The summed E-state index contributed by atoms with van der Waals surface area (Å²) in [6.45, 7) is 5.34. The minimum Gasteiger partial charge on any atom is -0.458 e. The molecule has 4 heteroatoms. The minimum atomic E-state index is -0.753. The van der Waals surface area contributed by atoms with Crippen LogP contribution < -0.4 is 0 Å². The van der Waals surface area contributed by atoms with E-state index < -0.39 is 23.8 Å². The highest BCUT2D eigenvalue weighted by Gasteiger charge is 2.52. The van der Waals surface area contributed by atoms with Crippen LogP contribution in [0.4, 0.5) is 0 Å². The Balaban J connectivity index is 1.96. The van der Waals surface area contributed by atoms with Gasteiger partial charge in [-0.2, -0.15) is 0 Å². The van der Waals surface area contributed by atoms with Crippen molar-refractivity contribution >= 4 is 11.8 Å². The Labute approximate surface area is 106 Å². The first kappa shape index (κ1) is 12.8. The second-order valence-electron chi connectivity index (χ2n) is 5.24. The summed E-state index contributed by atoms with van der Waals surface area (Å²) in [7, 11) is 0. The molecular formula is C14H16O4. The van der Waals surface area contributed by atoms with Crippen molar-refractivity contribution in [1.29, 1.82) is 0 Å². The van der Waals surface area contributed by atoms with Crippen LogP contribution >= 0.6 is 0 Å². The molecule has 1 aliphatic rings. The molecule has 1 aromatic rings. The molecule has 18 heavy (non-hydrogen) atoms. The van der Waals surface area contributed by atoms with E-state index in [1.54, 1.807) is 45.0 Å². The van der Waals surface area contributed by atoms with Crippen LogP contribution in [-0.2, 0) is 14.3 Å². The second-order valence-corrected chi connectivity index (χ2v) is 5.24. The van der Waals surface area contributed by atoms with Crippen molar-refractivity contribution in [3.05, 3.63) is 35.9 Å². The molecule has 0 amide bonds. The molecule has 2 rings (SSSR count). The van der Waals surface area contributed by atoms with Gasteiger partial charge < -0.3 is 9.47 Å². The molecule has 4 nitrogen and oxygen atoms in total. The normalized spacial score (nSPS) is 22.4. The van der Waals surface area contributed by atoms with Crippen molar-refractivity contribution in [3.8, 4) is 0 Å². The maximum absolute atomic E-state index is 12.0. The Morgan fingerprint density at radius 3 is 2.28 bits per heavy atom. The van der Waals surface area contributed by atoms with Crippen LogP contribution in [0.25, 0.3) is 0 Å². The van der Waals surface area contributed by atoms with Gasteiger partial charge in [0.2, 0.25) is 0 Å². The lowest BCUT2D eigenvalue weighted by molar-refractivity contribution is -0.156. The van der Waals surface area contributed by atoms with E-state index in [0.29, 0.717) is 5.56 Å². The molecule has 1 heterocycles. The number of hydrogen-bond acceptors (Lipinski definition) is 4. The molecular weight excluding hydrogens is 232 g/mol. The number of rotatable bonds is 3. The van der Waals surface area contributed by atoms with E-state index in [0.717, 1.165) is 0 Å². The van der Waals surface area contributed by atoms with Crippen LogP contribution in [0.2, 0.25) is 0 Å². The molecule has 1 aliphatic heterocycles. The lowest BCUT2D eigenvalue weighted by Crippen LogP contribution is -2.28. The van der Waals surface area contributed by atoms with Gasteiger partial charge in [-0.25, -0.2) is 4.79 Å². The number of esters is 1. The standard InChI is InChI=1S/C14H16O4/c1-14(2,3)18-13(16)12-11(17-12)10(15)9-7-5-4-6-8-9/h4-8,11-12H,1-3H3/t11-,12+/m0/s1. The Bertz CT molecular complexity index is 458. The highest BCUT2D eigenvalue weighted by atomic mass is 16.6. The molecule has 0 radical (unpaired) electrons. The zero-order chi connectivity index (χ0) is 13.3. The van der Waals surface area contributed by atoms with E-state index in [1.165, 1.54) is 0 Å². The van der Waals surface area contributed by atoms with Gasteiger partial charge in [0.25, 0.3) is 0 Å². The number of Topliss-reactive ketones (excluding diaryl/α,β-unsaturated/α-hetero) is 1. The maximum Gasteiger partial charge on any atom is 0.339 e.